The Bertz CT molecular complexity index is 330. The SMILES string of the molecule is C=CC[N@@+]1(C)CCc2ccccc21. The lowest BCUT2D eigenvalue weighted by Crippen LogP contribution is -2.43. The van der Waals surface area contributed by atoms with Gasteiger partial charge in [-0.1, -0.05) is 24.8 Å². The molecule has 1 aromatic rings. The molecule has 13 heavy (non-hydrogen) atoms. The first-order chi connectivity index (χ1) is 6.26. The first kappa shape index (κ1) is 8.52. The number of rotatable bonds is 2. The molecule has 0 amide bonds. The quantitative estimate of drug-likeness (QED) is 0.477. The standard InChI is InChI=1S/C12H16N/c1-3-9-13(2)10-8-11-6-4-5-7-12(11)13/h3-7H,1,8-10H2,2H3/q+1/t13-/m0/s1. The zero-order chi connectivity index (χ0) is 9.31. The van der Waals surface area contributed by atoms with Crippen LogP contribution in [0.5, 0.6) is 0 Å². The normalized spacial score (nSPS) is 25.6. The second-order valence-electron chi connectivity index (χ2n) is 3.97. The van der Waals surface area contributed by atoms with Crippen LogP contribution in [0.3, 0.4) is 0 Å². The number of quaternary nitrogens is 1. The van der Waals surface area contributed by atoms with Crippen LogP contribution in [0, 0.1) is 0 Å². The molecule has 0 radical (unpaired) electrons. The Hall–Kier alpha value is -1.08. The molecule has 0 bridgehead atoms. The number of nitrogens with zero attached hydrogens (tertiary/aromatic N) is 1. The third-order valence-corrected chi connectivity index (χ3v) is 2.98. The molecule has 0 N–H and O–H groups in total. The summed E-state index contributed by atoms with van der Waals surface area (Å²) >= 11 is 0. The fraction of sp³-hybridized carbons (Fsp3) is 0.333. The van der Waals surface area contributed by atoms with Gasteiger partial charge in [-0.15, -0.1) is 0 Å². The minimum absolute atomic E-state index is 1.03. The third kappa shape index (κ3) is 1.29. The molecule has 1 heteroatoms. The van der Waals surface area contributed by atoms with Gasteiger partial charge in [-0.05, 0) is 12.1 Å². The van der Waals surface area contributed by atoms with E-state index in [4.69, 9.17) is 0 Å². The molecule has 0 fully saturated rings. The molecule has 1 atom stereocenters. The molecule has 0 unspecified atom stereocenters. The van der Waals surface area contributed by atoms with Crippen LogP contribution in [-0.4, -0.2) is 20.1 Å². The molecule has 1 nitrogen and oxygen atoms in total. The highest BCUT2D eigenvalue weighted by Gasteiger charge is 2.32. The van der Waals surface area contributed by atoms with Gasteiger partial charge < -0.3 is 0 Å². The summed E-state index contributed by atoms with van der Waals surface area (Å²) in [5.41, 5.74) is 2.98. The number of hydrogen-bond acceptors (Lipinski definition) is 0. The third-order valence-electron chi connectivity index (χ3n) is 2.98. The zero-order valence-corrected chi connectivity index (χ0v) is 8.16. The summed E-state index contributed by atoms with van der Waals surface area (Å²) in [6.07, 6.45) is 3.22. The van der Waals surface area contributed by atoms with Gasteiger partial charge in [0.05, 0.1) is 13.6 Å². The highest BCUT2D eigenvalue weighted by atomic mass is 15.3. The van der Waals surface area contributed by atoms with Crippen LogP contribution in [0.2, 0.25) is 0 Å². The zero-order valence-electron chi connectivity index (χ0n) is 8.16. The maximum atomic E-state index is 3.83. The Labute approximate surface area is 79.9 Å². The van der Waals surface area contributed by atoms with E-state index >= 15 is 0 Å². The molecule has 1 heterocycles. The Morgan fingerprint density at radius 2 is 2.23 bits per heavy atom. The van der Waals surface area contributed by atoms with Crippen molar-refractivity contribution in [3.05, 3.63) is 42.5 Å². The molecule has 0 aliphatic carbocycles. The minimum Gasteiger partial charge on any atom is -0.290 e. The van der Waals surface area contributed by atoms with Gasteiger partial charge in [-0.2, -0.15) is 0 Å². The van der Waals surface area contributed by atoms with Crippen LogP contribution in [-0.2, 0) is 6.42 Å². The second kappa shape index (κ2) is 3.00. The Morgan fingerprint density at radius 1 is 1.46 bits per heavy atom. The molecule has 1 aliphatic rings. The van der Waals surface area contributed by atoms with Gasteiger partial charge in [0.2, 0.25) is 0 Å². The molecular weight excluding hydrogens is 158 g/mol. The van der Waals surface area contributed by atoms with Crippen molar-refractivity contribution in [3.8, 4) is 0 Å². The number of para-hydroxylation sites is 1. The predicted octanol–water partition coefficient (Wildman–Crippen LogP) is 2.37. The van der Waals surface area contributed by atoms with Crippen LogP contribution in [0.15, 0.2) is 36.9 Å². The largest absolute Gasteiger partial charge is 0.290 e. The van der Waals surface area contributed by atoms with Crippen molar-refractivity contribution in [2.24, 2.45) is 0 Å². The first-order valence-corrected chi connectivity index (χ1v) is 4.80. The van der Waals surface area contributed by atoms with Gasteiger partial charge in [0.1, 0.15) is 12.2 Å². The van der Waals surface area contributed by atoms with Gasteiger partial charge in [0, 0.05) is 12.0 Å². The summed E-state index contributed by atoms with van der Waals surface area (Å²) in [5, 5.41) is 0. The monoisotopic (exact) mass is 174 g/mol. The van der Waals surface area contributed by atoms with E-state index in [0.717, 1.165) is 11.0 Å². The molecule has 0 spiro atoms. The highest BCUT2D eigenvalue weighted by Crippen LogP contribution is 2.32. The number of hydrogen-bond donors (Lipinski definition) is 0. The average molecular weight is 174 g/mol. The van der Waals surface area contributed by atoms with Gasteiger partial charge in [0.25, 0.3) is 0 Å². The molecule has 1 aliphatic heterocycles. The molecule has 1 aromatic carbocycles. The fourth-order valence-corrected chi connectivity index (χ4v) is 2.21. The van der Waals surface area contributed by atoms with E-state index in [2.05, 4.69) is 37.9 Å². The van der Waals surface area contributed by atoms with E-state index < -0.39 is 0 Å². The number of benzene rings is 1. The van der Waals surface area contributed by atoms with Gasteiger partial charge in [-0.3, -0.25) is 4.48 Å². The van der Waals surface area contributed by atoms with E-state index in [1.165, 1.54) is 24.2 Å². The van der Waals surface area contributed by atoms with E-state index in [1.54, 1.807) is 0 Å². The van der Waals surface area contributed by atoms with Crippen LogP contribution in [0.1, 0.15) is 5.56 Å². The molecule has 0 saturated carbocycles. The predicted molar refractivity (Wildman–Crippen MR) is 57.8 cm³/mol. The fourth-order valence-electron chi connectivity index (χ4n) is 2.21. The summed E-state index contributed by atoms with van der Waals surface area (Å²) in [5.74, 6) is 0. The van der Waals surface area contributed by atoms with Crippen molar-refractivity contribution in [2.75, 3.05) is 20.1 Å². The van der Waals surface area contributed by atoms with Crippen molar-refractivity contribution in [1.29, 1.82) is 0 Å². The minimum atomic E-state index is 1.03. The summed E-state index contributed by atoms with van der Waals surface area (Å²) < 4.78 is 1.03. The van der Waals surface area contributed by atoms with Crippen molar-refractivity contribution in [2.45, 2.75) is 6.42 Å². The Morgan fingerprint density at radius 3 is 3.00 bits per heavy atom. The van der Waals surface area contributed by atoms with Gasteiger partial charge in [-0.25, -0.2) is 0 Å². The van der Waals surface area contributed by atoms with Crippen LogP contribution in [0.25, 0.3) is 0 Å². The Balaban J connectivity index is 2.42. The average Bonchev–Trinajstić information content (AvgIpc) is 2.46. The van der Waals surface area contributed by atoms with E-state index in [0.29, 0.717) is 0 Å². The molecular formula is C12H16N+. The highest BCUT2D eigenvalue weighted by molar-refractivity contribution is 5.54. The lowest BCUT2D eigenvalue weighted by molar-refractivity contribution is 0.394. The maximum Gasteiger partial charge on any atom is 0.136 e. The number of likely N-dealkylation sites (N-methyl/N-ethyl adjacent to an activating group) is 1. The molecule has 2 rings (SSSR count). The van der Waals surface area contributed by atoms with Crippen molar-refractivity contribution < 1.29 is 0 Å². The lowest BCUT2D eigenvalue weighted by atomic mass is 10.2. The maximum absolute atomic E-state index is 3.83. The second-order valence-corrected chi connectivity index (χ2v) is 3.97. The topological polar surface area (TPSA) is 0 Å². The van der Waals surface area contributed by atoms with Crippen molar-refractivity contribution in [3.63, 3.8) is 0 Å². The van der Waals surface area contributed by atoms with E-state index in [1.807, 2.05) is 6.08 Å². The summed E-state index contributed by atoms with van der Waals surface area (Å²) in [6, 6.07) is 8.74. The lowest BCUT2D eigenvalue weighted by Gasteiger charge is -2.28. The summed E-state index contributed by atoms with van der Waals surface area (Å²) in [4.78, 5) is 0. The van der Waals surface area contributed by atoms with Gasteiger partial charge in [0.15, 0.2) is 0 Å². The Kier molecular flexibility index (Phi) is 1.97. The van der Waals surface area contributed by atoms with E-state index in [-0.39, 0.29) is 0 Å². The smallest absolute Gasteiger partial charge is 0.136 e. The molecule has 0 aromatic heterocycles. The number of fused-ring (bicyclic) bond motifs is 1. The van der Waals surface area contributed by atoms with Crippen LogP contribution < -0.4 is 4.48 Å². The summed E-state index contributed by atoms with van der Waals surface area (Å²) in [6.45, 7) is 6.08. The van der Waals surface area contributed by atoms with Crippen molar-refractivity contribution >= 4 is 5.69 Å². The van der Waals surface area contributed by atoms with E-state index in [9.17, 15) is 0 Å². The van der Waals surface area contributed by atoms with Gasteiger partial charge >= 0.3 is 0 Å². The molecule has 68 valence electrons. The molecule has 0 saturated heterocycles. The van der Waals surface area contributed by atoms with Crippen LogP contribution in [0.4, 0.5) is 5.69 Å². The summed E-state index contributed by atoms with van der Waals surface area (Å²) in [7, 11) is 2.29. The first-order valence-electron chi connectivity index (χ1n) is 4.80. The van der Waals surface area contributed by atoms with Crippen LogP contribution >= 0.6 is 0 Å². The van der Waals surface area contributed by atoms with Crippen molar-refractivity contribution in [1.82, 2.24) is 4.48 Å².